The van der Waals surface area contributed by atoms with Gasteiger partial charge in [-0.3, -0.25) is 4.79 Å². The van der Waals surface area contributed by atoms with Crippen LogP contribution >= 0.6 is 0 Å². The fraction of sp³-hybridized carbons (Fsp3) is 0.250. The van der Waals surface area contributed by atoms with Crippen molar-refractivity contribution in [3.63, 3.8) is 0 Å². The van der Waals surface area contributed by atoms with Gasteiger partial charge < -0.3 is 9.80 Å². The number of hydrogen-bond donors (Lipinski definition) is 0. The van der Waals surface area contributed by atoms with Gasteiger partial charge in [0.05, 0.1) is 6.54 Å². The fourth-order valence-corrected chi connectivity index (χ4v) is 3.53. The van der Waals surface area contributed by atoms with Crippen molar-refractivity contribution in [2.24, 2.45) is 0 Å². The quantitative estimate of drug-likeness (QED) is 0.503. The van der Waals surface area contributed by atoms with E-state index in [0.717, 1.165) is 43.4 Å². The molecule has 152 valence electrons. The van der Waals surface area contributed by atoms with Crippen molar-refractivity contribution in [1.29, 1.82) is 0 Å². The first-order valence-electron chi connectivity index (χ1n) is 9.65. The molecule has 3 aromatic heterocycles. The first-order valence-corrected chi connectivity index (χ1v) is 9.65. The van der Waals surface area contributed by atoms with Crippen LogP contribution in [0.25, 0.3) is 5.65 Å². The molecule has 0 atom stereocenters. The zero-order chi connectivity index (χ0) is 20.5. The smallest absolute Gasteiger partial charge is 0.267 e. The van der Waals surface area contributed by atoms with Crippen molar-refractivity contribution >= 4 is 17.3 Å². The van der Waals surface area contributed by atoms with Gasteiger partial charge in [-0.1, -0.05) is 12.1 Å². The number of nitrogens with zero attached hydrogens (tertiary/aromatic N) is 8. The molecule has 0 bridgehead atoms. The van der Waals surface area contributed by atoms with Gasteiger partial charge in [-0.25, -0.2) is 9.07 Å². The highest BCUT2D eigenvalue weighted by Crippen LogP contribution is 2.17. The lowest BCUT2D eigenvalue weighted by Crippen LogP contribution is -2.47. The molecule has 5 rings (SSSR count). The molecule has 30 heavy (non-hydrogen) atoms. The lowest BCUT2D eigenvalue weighted by atomic mass is 10.2. The number of halogens is 1. The van der Waals surface area contributed by atoms with Crippen LogP contribution in [0.5, 0.6) is 0 Å². The minimum Gasteiger partial charge on any atom is -0.352 e. The number of piperazine rings is 1. The van der Waals surface area contributed by atoms with Crippen molar-refractivity contribution in [3.8, 4) is 0 Å². The molecular weight excluding hydrogens is 387 g/mol. The number of benzene rings is 1. The van der Waals surface area contributed by atoms with Crippen LogP contribution in [-0.4, -0.2) is 55.8 Å². The molecule has 0 spiro atoms. The highest BCUT2D eigenvalue weighted by atomic mass is 19.1. The van der Waals surface area contributed by atoms with E-state index in [0.29, 0.717) is 12.2 Å². The van der Waals surface area contributed by atoms with E-state index >= 15 is 0 Å². The van der Waals surface area contributed by atoms with Crippen LogP contribution in [0.15, 0.2) is 59.7 Å². The summed E-state index contributed by atoms with van der Waals surface area (Å²) >= 11 is 0. The zero-order valence-electron chi connectivity index (χ0n) is 16.1. The van der Waals surface area contributed by atoms with Crippen LogP contribution in [-0.2, 0) is 6.54 Å². The molecule has 0 N–H and O–H groups in total. The molecule has 4 heterocycles. The van der Waals surface area contributed by atoms with Gasteiger partial charge in [-0.15, -0.1) is 15.3 Å². The van der Waals surface area contributed by atoms with Crippen molar-refractivity contribution in [3.05, 3.63) is 76.6 Å². The van der Waals surface area contributed by atoms with Crippen molar-refractivity contribution in [1.82, 2.24) is 29.6 Å². The largest absolute Gasteiger partial charge is 0.352 e. The summed E-state index contributed by atoms with van der Waals surface area (Å²) in [4.78, 5) is 16.6. The third-order valence-electron chi connectivity index (χ3n) is 5.17. The van der Waals surface area contributed by atoms with Crippen molar-refractivity contribution < 1.29 is 4.39 Å². The topological polar surface area (TPSA) is 84.5 Å². The summed E-state index contributed by atoms with van der Waals surface area (Å²) in [6.07, 6.45) is 1.59. The Hall–Kier alpha value is -3.82. The van der Waals surface area contributed by atoms with Crippen LogP contribution < -0.4 is 15.4 Å². The monoisotopic (exact) mass is 406 g/mol. The van der Waals surface area contributed by atoms with Gasteiger partial charge in [0.2, 0.25) is 0 Å². The van der Waals surface area contributed by atoms with E-state index in [1.165, 1.54) is 22.9 Å². The van der Waals surface area contributed by atoms with Crippen LogP contribution in [0.3, 0.4) is 0 Å². The van der Waals surface area contributed by atoms with E-state index in [9.17, 15) is 9.18 Å². The number of anilines is 2. The first-order chi connectivity index (χ1) is 14.7. The number of rotatable bonds is 4. The third-order valence-corrected chi connectivity index (χ3v) is 5.17. The van der Waals surface area contributed by atoms with Crippen LogP contribution in [0, 0.1) is 5.82 Å². The second-order valence-electron chi connectivity index (χ2n) is 7.11. The highest BCUT2D eigenvalue weighted by Gasteiger charge is 2.20. The summed E-state index contributed by atoms with van der Waals surface area (Å²) in [7, 11) is 0. The summed E-state index contributed by atoms with van der Waals surface area (Å²) in [6.45, 7) is 3.36. The molecule has 1 saturated heterocycles. The number of hydrogen-bond acceptors (Lipinski definition) is 7. The van der Waals surface area contributed by atoms with E-state index in [4.69, 9.17) is 0 Å². The second kappa shape index (κ2) is 7.54. The van der Waals surface area contributed by atoms with E-state index < -0.39 is 0 Å². The average Bonchev–Trinajstić information content (AvgIpc) is 3.25. The maximum Gasteiger partial charge on any atom is 0.267 e. The predicted octanol–water partition coefficient (Wildman–Crippen LogP) is 1.20. The van der Waals surface area contributed by atoms with Gasteiger partial charge in [-0.2, -0.15) is 9.61 Å². The van der Waals surface area contributed by atoms with Crippen LogP contribution in [0.1, 0.15) is 5.56 Å². The third kappa shape index (κ3) is 3.59. The van der Waals surface area contributed by atoms with Crippen molar-refractivity contribution in [2.45, 2.75) is 6.54 Å². The Kier molecular flexibility index (Phi) is 4.58. The zero-order valence-corrected chi connectivity index (χ0v) is 16.1. The summed E-state index contributed by atoms with van der Waals surface area (Å²) in [5, 5.41) is 16.9. The maximum absolute atomic E-state index is 13.1. The summed E-state index contributed by atoms with van der Waals surface area (Å²) in [5.74, 6) is 1.32. The molecule has 10 heteroatoms. The minimum absolute atomic E-state index is 0.187. The van der Waals surface area contributed by atoms with Crippen molar-refractivity contribution in [2.75, 3.05) is 36.0 Å². The molecule has 9 nitrogen and oxygen atoms in total. The first kappa shape index (κ1) is 18.2. The van der Waals surface area contributed by atoms with Crippen LogP contribution in [0.4, 0.5) is 16.0 Å². The van der Waals surface area contributed by atoms with Gasteiger partial charge in [0.25, 0.3) is 5.56 Å². The molecule has 0 saturated carbocycles. The summed E-state index contributed by atoms with van der Waals surface area (Å²) in [6, 6.07) is 13.2. The fourth-order valence-electron chi connectivity index (χ4n) is 3.53. The number of fused-ring (bicyclic) bond motifs is 1. The van der Waals surface area contributed by atoms with Gasteiger partial charge in [0.15, 0.2) is 5.65 Å². The molecule has 0 amide bonds. The molecule has 0 radical (unpaired) electrons. The van der Waals surface area contributed by atoms with Gasteiger partial charge >= 0.3 is 0 Å². The van der Waals surface area contributed by atoms with Gasteiger partial charge in [-0.05, 0) is 35.9 Å². The standard InChI is InChI=1S/C20H19FN8O/c21-16-3-1-15(2-4-16)13-28-20(30)8-7-19(24-28)27-11-9-26(10-12-27)18-6-5-17-23-22-14-29(17)25-18/h1-8,14H,9-13H2. The Labute approximate surface area is 171 Å². The lowest BCUT2D eigenvalue weighted by Gasteiger charge is -2.35. The van der Waals surface area contributed by atoms with Gasteiger partial charge in [0.1, 0.15) is 23.8 Å². The Morgan fingerprint density at radius 2 is 1.50 bits per heavy atom. The van der Waals surface area contributed by atoms with E-state index in [1.54, 1.807) is 29.0 Å². The molecule has 0 aliphatic carbocycles. The van der Waals surface area contributed by atoms with E-state index in [2.05, 4.69) is 30.2 Å². The molecule has 1 aromatic carbocycles. The second-order valence-corrected chi connectivity index (χ2v) is 7.11. The Bertz CT molecular complexity index is 1230. The van der Waals surface area contributed by atoms with Gasteiger partial charge in [0, 0.05) is 32.2 Å². The predicted molar refractivity (Wildman–Crippen MR) is 109 cm³/mol. The Morgan fingerprint density at radius 3 is 2.23 bits per heavy atom. The molecular formula is C20H19FN8O. The molecule has 1 fully saturated rings. The summed E-state index contributed by atoms with van der Waals surface area (Å²) in [5.41, 5.74) is 1.35. The maximum atomic E-state index is 13.1. The minimum atomic E-state index is -0.302. The SMILES string of the molecule is O=c1ccc(N2CCN(c3ccc4nncn4n3)CC2)nn1Cc1ccc(F)cc1. The molecule has 0 unspecified atom stereocenters. The average molecular weight is 406 g/mol. The van der Waals surface area contributed by atoms with Crippen LogP contribution in [0.2, 0.25) is 0 Å². The molecule has 1 aliphatic rings. The Morgan fingerprint density at radius 1 is 0.833 bits per heavy atom. The van der Waals surface area contributed by atoms with E-state index in [1.807, 2.05) is 12.1 Å². The molecule has 4 aromatic rings. The molecule has 1 aliphatic heterocycles. The Balaban J connectivity index is 1.29. The number of aromatic nitrogens is 6. The summed E-state index contributed by atoms with van der Waals surface area (Å²) < 4.78 is 16.2. The lowest BCUT2D eigenvalue weighted by molar-refractivity contribution is 0.595. The normalized spacial score (nSPS) is 14.4. The highest BCUT2D eigenvalue weighted by molar-refractivity contribution is 5.47. The van der Waals surface area contributed by atoms with E-state index in [-0.39, 0.29) is 11.4 Å².